The number of urea groups is 1. The summed E-state index contributed by atoms with van der Waals surface area (Å²) < 4.78 is 5.26. The van der Waals surface area contributed by atoms with E-state index < -0.39 is 0 Å². The molecule has 0 atom stereocenters. The third-order valence-corrected chi connectivity index (χ3v) is 4.04. The van der Waals surface area contributed by atoms with Crippen molar-refractivity contribution in [2.45, 2.75) is 38.1 Å². The first kappa shape index (κ1) is 16.1. The Morgan fingerprint density at radius 3 is 2.76 bits per heavy atom. The maximum absolute atomic E-state index is 11.7. The number of nitrogens with one attached hydrogen (secondary N) is 2. The van der Waals surface area contributed by atoms with Crippen molar-refractivity contribution in [3.8, 4) is 0 Å². The maximum atomic E-state index is 11.7. The van der Waals surface area contributed by atoms with E-state index in [1.165, 1.54) is 5.56 Å². The number of carbonyl (C=O) groups is 1. The first-order valence-electron chi connectivity index (χ1n) is 7.61. The highest BCUT2D eigenvalue weighted by Gasteiger charge is 2.15. The summed E-state index contributed by atoms with van der Waals surface area (Å²) in [6.07, 6.45) is 4.72. The van der Waals surface area contributed by atoms with E-state index in [1.54, 1.807) is 0 Å². The topological polar surface area (TPSA) is 50.4 Å². The van der Waals surface area contributed by atoms with Gasteiger partial charge in [0.15, 0.2) is 0 Å². The maximum Gasteiger partial charge on any atom is 0.315 e. The Bertz CT molecular complexity index is 448. The molecule has 0 saturated carbocycles. The van der Waals surface area contributed by atoms with Gasteiger partial charge in [-0.2, -0.15) is 0 Å². The Morgan fingerprint density at radius 2 is 2.00 bits per heavy atom. The molecule has 1 saturated heterocycles. The highest BCUT2D eigenvalue weighted by atomic mass is 35.5. The Hall–Kier alpha value is -1.26. The standard InChI is InChI=1S/C16H23ClN2O2/c17-15-7-2-1-5-13(15)6-3-4-10-18-16(20)19-14-8-11-21-12-9-14/h1-2,5,7,14H,3-4,6,8-12H2,(H2,18,19,20). The quantitative estimate of drug-likeness (QED) is 0.793. The number of hydrogen-bond acceptors (Lipinski definition) is 2. The summed E-state index contributed by atoms with van der Waals surface area (Å²) >= 11 is 6.11. The fourth-order valence-electron chi connectivity index (χ4n) is 2.42. The fraction of sp³-hybridized carbons (Fsp3) is 0.562. The first-order chi connectivity index (χ1) is 10.3. The SMILES string of the molecule is O=C(NCCCCc1ccccc1Cl)NC1CCOCC1. The lowest BCUT2D eigenvalue weighted by atomic mass is 10.1. The summed E-state index contributed by atoms with van der Waals surface area (Å²) in [6, 6.07) is 8.08. The highest BCUT2D eigenvalue weighted by Crippen LogP contribution is 2.16. The monoisotopic (exact) mass is 310 g/mol. The molecule has 1 aromatic rings. The van der Waals surface area contributed by atoms with Crippen molar-refractivity contribution in [3.05, 3.63) is 34.9 Å². The predicted molar refractivity (Wildman–Crippen MR) is 84.8 cm³/mol. The smallest absolute Gasteiger partial charge is 0.315 e. The van der Waals surface area contributed by atoms with Crippen LogP contribution in [-0.4, -0.2) is 31.8 Å². The van der Waals surface area contributed by atoms with Crippen molar-refractivity contribution < 1.29 is 9.53 Å². The van der Waals surface area contributed by atoms with Gasteiger partial charge in [-0.05, 0) is 43.7 Å². The summed E-state index contributed by atoms with van der Waals surface area (Å²) in [5.41, 5.74) is 1.17. The number of ether oxygens (including phenoxy) is 1. The first-order valence-corrected chi connectivity index (χ1v) is 7.99. The van der Waals surface area contributed by atoms with Crippen LogP contribution in [0.4, 0.5) is 4.79 Å². The van der Waals surface area contributed by atoms with E-state index in [9.17, 15) is 4.79 Å². The van der Waals surface area contributed by atoms with Gasteiger partial charge < -0.3 is 15.4 Å². The van der Waals surface area contributed by atoms with Gasteiger partial charge in [-0.25, -0.2) is 4.79 Å². The van der Waals surface area contributed by atoms with Crippen LogP contribution in [0.25, 0.3) is 0 Å². The fourth-order valence-corrected chi connectivity index (χ4v) is 2.65. The third kappa shape index (κ3) is 5.94. The molecule has 0 aromatic heterocycles. The summed E-state index contributed by atoms with van der Waals surface area (Å²) in [7, 11) is 0. The van der Waals surface area contributed by atoms with E-state index in [0.717, 1.165) is 50.3 Å². The van der Waals surface area contributed by atoms with Crippen LogP contribution in [0.1, 0.15) is 31.2 Å². The number of aryl methyl sites for hydroxylation is 1. The van der Waals surface area contributed by atoms with E-state index in [0.29, 0.717) is 6.54 Å². The van der Waals surface area contributed by atoms with Crippen LogP contribution in [-0.2, 0) is 11.2 Å². The second kappa shape index (κ2) is 8.90. The Labute approximate surface area is 131 Å². The number of halogens is 1. The second-order valence-corrected chi connectivity index (χ2v) is 5.74. The molecule has 0 spiro atoms. The van der Waals surface area contributed by atoms with E-state index >= 15 is 0 Å². The molecule has 1 aromatic carbocycles. The van der Waals surface area contributed by atoms with Crippen molar-refractivity contribution in [2.24, 2.45) is 0 Å². The van der Waals surface area contributed by atoms with Crippen LogP contribution < -0.4 is 10.6 Å². The van der Waals surface area contributed by atoms with Gasteiger partial charge in [0, 0.05) is 30.8 Å². The van der Waals surface area contributed by atoms with Gasteiger partial charge in [0.2, 0.25) is 0 Å². The molecule has 21 heavy (non-hydrogen) atoms. The molecule has 0 bridgehead atoms. The lowest BCUT2D eigenvalue weighted by Gasteiger charge is -2.23. The normalized spacial score (nSPS) is 15.7. The van der Waals surface area contributed by atoms with Crippen molar-refractivity contribution in [2.75, 3.05) is 19.8 Å². The Balaban J connectivity index is 1.55. The molecule has 0 unspecified atom stereocenters. The minimum atomic E-state index is -0.0698. The molecule has 2 amide bonds. The van der Waals surface area contributed by atoms with Gasteiger partial charge >= 0.3 is 6.03 Å². The van der Waals surface area contributed by atoms with Gasteiger partial charge in [0.25, 0.3) is 0 Å². The molecule has 0 radical (unpaired) electrons. The molecule has 1 fully saturated rings. The molecule has 0 aliphatic carbocycles. The van der Waals surface area contributed by atoms with Gasteiger partial charge in [0.05, 0.1) is 0 Å². The van der Waals surface area contributed by atoms with Gasteiger partial charge in [0.1, 0.15) is 0 Å². The molecule has 116 valence electrons. The van der Waals surface area contributed by atoms with Gasteiger partial charge in [-0.1, -0.05) is 29.8 Å². The zero-order valence-electron chi connectivity index (χ0n) is 12.2. The molecule has 5 heteroatoms. The van der Waals surface area contributed by atoms with Crippen LogP contribution in [0, 0.1) is 0 Å². The molecule has 1 aliphatic rings. The summed E-state index contributed by atoms with van der Waals surface area (Å²) in [5.74, 6) is 0. The van der Waals surface area contributed by atoms with E-state index in [4.69, 9.17) is 16.3 Å². The number of rotatable bonds is 6. The predicted octanol–water partition coefficient (Wildman–Crippen LogP) is 3.14. The van der Waals surface area contributed by atoms with Crippen LogP contribution in [0.5, 0.6) is 0 Å². The summed E-state index contributed by atoms with van der Waals surface area (Å²) in [5, 5.41) is 6.71. The third-order valence-electron chi connectivity index (χ3n) is 3.67. The van der Waals surface area contributed by atoms with Crippen LogP contribution in [0.2, 0.25) is 5.02 Å². The van der Waals surface area contributed by atoms with Gasteiger partial charge in [-0.15, -0.1) is 0 Å². The lowest BCUT2D eigenvalue weighted by molar-refractivity contribution is 0.0801. The van der Waals surface area contributed by atoms with E-state index in [1.807, 2.05) is 24.3 Å². The number of unbranched alkanes of at least 4 members (excludes halogenated alkanes) is 1. The van der Waals surface area contributed by atoms with Crippen LogP contribution in [0.3, 0.4) is 0 Å². The minimum Gasteiger partial charge on any atom is -0.381 e. The number of amides is 2. The van der Waals surface area contributed by atoms with Crippen LogP contribution in [0.15, 0.2) is 24.3 Å². The molecule has 1 aliphatic heterocycles. The minimum absolute atomic E-state index is 0.0698. The Kier molecular flexibility index (Phi) is 6.83. The second-order valence-electron chi connectivity index (χ2n) is 5.34. The number of carbonyl (C=O) groups excluding carboxylic acids is 1. The van der Waals surface area contributed by atoms with Crippen molar-refractivity contribution in [1.29, 1.82) is 0 Å². The van der Waals surface area contributed by atoms with Crippen molar-refractivity contribution >= 4 is 17.6 Å². The van der Waals surface area contributed by atoms with Crippen molar-refractivity contribution in [3.63, 3.8) is 0 Å². The van der Waals surface area contributed by atoms with Crippen LogP contribution >= 0.6 is 11.6 Å². The zero-order valence-corrected chi connectivity index (χ0v) is 13.0. The average molecular weight is 311 g/mol. The Morgan fingerprint density at radius 1 is 1.24 bits per heavy atom. The molecule has 2 N–H and O–H groups in total. The summed E-state index contributed by atoms with van der Waals surface area (Å²) in [6.45, 7) is 2.17. The highest BCUT2D eigenvalue weighted by molar-refractivity contribution is 6.31. The molecule has 1 heterocycles. The van der Waals surface area contributed by atoms with E-state index in [-0.39, 0.29) is 12.1 Å². The van der Waals surface area contributed by atoms with Crippen molar-refractivity contribution in [1.82, 2.24) is 10.6 Å². The molecule has 2 rings (SSSR count). The number of hydrogen-bond donors (Lipinski definition) is 2. The van der Waals surface area contributed by atoms with Gasteiger partial charge in [-0.3, -0.25) is 0 Å². The molecule has 4 nitrogen and oxygen atoms in total. The number of benzene rings is 1. The molecular formula is C16H23ClN2O2. The molecular weight excluding hydrogens is 288 g/mol. The lowest BCUT2D eigenvalue weighted by Crippen LogP contribution is -2.44. The zero-order chi connectivity index (χ0) is 14.9. The largest absolute Gasteiger partial charge is 0.381 e. The van der Waals surface area contributed by atoms with E-state index in [2.05, 4.69) is 10.6 Å². The summed E-state index contributed by atoms with van der Waals surface area (Å²) in [4.78, 5) is 11.7. The average Bonchev–Trinajstić information content (AvgIpc) is 2.50.